The second-order valence-corrected chi connectivity index (χ2v) is 6.51. The normalized spacial score (nSPS) is 16.1. The predicted molar refractivity (Wildman–Crippen MR) is 65.1 cm³/mol. The zero-order valence-electron chi connectivity index (χ0n) is 10.3. The van der Waals surface area contributed by atoms with Crippen molar-refractivity contribution < 1.29 is 4.55 Å². The molecule has 14 heavy (non-hydrogen) atoms. The van der Waals surface area contributed by atoms with Crippen molar-refractivity contribution in [1.82, 2.24) is 0 Å². The molecule has 0 fully saturated rings. The third-order valence-electron chi connectivity index (χ3n) is 2.33. The molecule has 0 saturated heterocycles. The average molecular weight is 217 g/mol. The Labute approximate surface area is 91.5 Å². The van der Waals surface area contributed by atoms with Gasteiger partial charge in [-0.15, -0.1) is 0 Å². The van der Waals surface area contributed by atoms with Crippen LogP contribution < -0.4 is 0 Å². The molecule has 0 rings (SSSR count). The summed E-state index contributed by atoms with van der Waals surface area (Å²) >= 11 is -1.10. The fourth-order valence-electron chi connectivity index (χ4n) is 1.22. The van der Waals surface area contributed by atoms with E-state index in [0.717, 1.165) is 18.6 Å². The van der Waals surface area contributed by atoms with Crippen molar-refractivity contribution in [2.45, 2.75) is 59.1 Å². The summed E-state index contributed by atoms with van der Waals surface area (Å²) in [5.74, 6) is 0.487. The third-order valence-corrected chi connectivity index (χ3v) is 3.83. The Morgan fingerprint density at radius 3 is 2.00 bits per heavy atom. The first-order chi connectivity index (χ1) is 6.32. The van der Waals surface area contributed by atoms with Crippen LogP contribution in [0.1, 0.15) is 54.4 Å². The summed E-state index contributed by atoms with van der Waals surface area (Å²) < 4.78 is 15.8. The van der Waals surface area contributed by atoms with Crippen molar-refractivity contribution in [3.05, 3.63) is 0 Å². The first kappa shape index (κ1) is 14.0. The van der Waals surface area contributed by atoms with Crippen LogP contribution in [0.15, 0.2) is 4.40 Å². The van der Waals surface area contributed by atoms with Gasteiger partial charge in [0.2, 0.25) is 0 Å². The first-order valence-electron chi connectivity index (χ1n) is 5.30. The lowest BCUT2D eigenvalue weighted by Gasteiger charge is -2.20. The maximum Gasteiger partial charge on any atom is 0.144 e. The van der Waals surface area contributed by atoms with Crippen LogP contribution in [0.5, 0.6) is 0 Å². The van der Waals surface area contributed by atoms with Crippen LogP contribution in [-0.4, -0.2) is 15.0 Å². The van der Waals surface area contributed by atoms with Crippen molar-refractivity contribution in [3.63, 3.8) is 0 Å². The Bertz CT molecular complexity index is 192. The molecule has 0 aromatic carbocycles. The fourth-order valence-corrected chi connectivity index (χ4v) is 1.91. The summed E-state index contributed by atoms with van der Waals surface area (Å²) in [7, 11) is 0. The second kappa shape index (κ2) is 5.76. The third kappa shape index (κ3) is 4.47. The number of rotatable bonds is 4. The minimum Gasteiger partial charge on any atom is -0.591 e. The van der Waals surface area contributed by atoms with Gasteiger partial charge in [0, 0.05) is 5.92 Å². The molecule has 0 N–H and O–H groups in total. The molecule has 0 aromatic heterocycles. The maximum absolute atomic E-state index is 11.7. The van der Waals surface area contributed by atoms with Gasteiger partial charge in [-0.1, -0.05) is 18.2 Å². The van der Waals surface area contributed by atoms with Gasteiger partial charge in [-0.2, -0.15) is 0 Å². The van der Waals surface area contributed by atoms with Crippen molar-refractivity contribution in [3.8, 4) is 0 Å². The standard InChI is InChI=1S/C11H23NOS/c1-7-10(8-2)9(3)12-14(13)11(4,5)6/h10H,7-8H2,1-6H3. The second-order valence-electron chi connectivity index (χ2n) is 4.61. The summed E-state index contributed by atoms with van der Waals surface area (Å²) in [6.45, 7) is 12.1. The highest BCUT2D eigenvalue weighted by Gasteiger charge is 2.27. The molecule has 0 aliphatic heterocycles. The smallest absolute Gasteiger partial charge is 0.144 e. The van der Waals surface area contributed by atoms with Gasteiger partial charge in [0.05, 0.1) is 5.71 Å². The van der Waals surface area contributed by atoms with E-state index in [0.29, 0.717) is 5.92 Å². The zero-order valence-corrected chi connectivity index (χ0v) is 11.1. The lowest BCUT2D eigenvalue weighted by molar-refractivity contribution is 0.560. The molecule has 3 heteroatoms. The van der Waals surface area contributed by atoms with E-state index in [1.54, 1.807) is 0 Å². The fraction of sp³-hybridized carbons (Fsp3) is 0.909. The SMILES string of the molecule is CCC(CC)C(C)=N[S+]([O-])C(C)(C)C. The molecule has 0 saturated carbocycles. The van der Waals surface area contributed by atoms with E-state index in [2.05, 4.69) is 18.2 Å². The van der Waals surface area contributed by atoms with Crippen molar-refractivity contribution >= 4 is 17.1 Å². The molecular weight excluding hydrogens is 194 g/mol. The minimum absolute atomic E-state index is 0.243. The first-order valence-corrected chi connectivity index (χ1v) is 6.40. The highest BCUT2D eigenvalue weighted by atomic mass is 32.2. The highest BCUT2D eigenvalue weighted by Crippen LogP contribution is 2.19. The van der Waals surface area contributed by atoms with Gasteiger partial charge in [0.25, 0.3) is 0 Å². The van der Waals surface area contributed by atoms with Crippen LogP contribution in [0.25, 0.3) is 0 Å². The Morgan fingerprint density at radius 2 is 1.71 bits per heavy atom. The Balaban J connectivity index is 4.50. The molecule has 0 aliphatic rings. The summed E-state index contributed by atoms with van der Waals surface area (Å²) in [6.07, 6.45) is 2.15. The molecule has 0 aliphatic carbocycles. The van der Waals surface area contributed by atoms with Crippen LogP contribution in [0.3, 0.4) is 0 Å². The Morgan fingerprint density at radius 1 is 1.29 bits per heavy atom. The van der Waals surface area contributed by atoms with E-state index < -0.39 is 11.4 Å². The van der Waals surface area contributed by atoms with Crippen molar-refractivity contribution in [2.24, 2.45) is 10.3 Å². The molecule has 0 aromatic rings. The van der Waals surface area contributed by atoms with Gasteiger partial charge >= 0.3 is 0 Å². The van der Waals surface area contributed by atoms with Crippen LogP contribution >= 0.6 is 0 Å². The Hall–Kier alpha value is -0.0200. The quantitative estimate of drug-likeness (QED) is 0.525. The average Bonchev–Trinajstić information content (AvgIpc) is 2.04. The molecule has 0 spiro atoms. The van der Waals surface area contributed by atoms with Crippen LogP contribution in [-0.2, 0) is 11.4 Å². The molecule has 0 bridgehead atoms. The molecule has 0 heterocycles. The van der Waals surface area contributed by atoms with Gasteiger partial charge in [0.15, 0.2) is 0 Å². The molecule has 1 unspecified atom stereocenters. The monoisotopic (exact) mass is 217 g/mol. The van der Waals surface area contributed by atoms with Gasteiger partial charge in [0.1, 0.15) is 16.1 Å². The van der Waals surface area contributed by atoms with Crippen molar-refractivity contribution in [1.29, 1.82) is 0 Å². The molecule has 2 nitrogen and oxygen atoms in total. The van der Waals surface area contributed by atoms with E-state index in [9.17, 15) is 4.55 Å². The molecule has 84 valence electrons. The molecule has 0 amide bonds. The molecule has 0 radical (unpaired) electrons. The molecular formula is C11H23NOS. The number of hydrogen-bond acceptors (Lipinski definition) is 2. The largest absolute Gasteiger partial charge is 0.591 e. The van der Waals surface area contributed by atoms with Gasteiger partial charge < -0.3 is 4.55 Å². The van der Waals surface area contributed by atoms with Crippen molar-refractivity contribution in [2.75, 3.05) is 0 Å². The predicted octanol–water partition coefficient (Wildman–Crippen LogP) is 3.35. The van der Waals surface area contributed by atoms with E-state index >= 15 is 0 Å². The zero-order chi connectivity index (χ0) is 11.4. The minimum atomic E-state index is -1.10. The van der Waals surface area contributed by atoms with Gasteiger partial charge in [-0.3, -0.25) is 0 Å². The van der Waals surface area contributed by atoms with Gasteiger partial charge in [-0.05, 0) is 40.5 Å². The van der Waals surface area contributed by atoms with Crippen LogP contribution in [0.2, 0.25) is 0 Å². The van der Waals surface area contributed by atoms with E-state index in [1.165, 1.54) is 0 Å². The molecule has 1 atom stereocenters. The maximum atomic E-state index is 11.7. The highest BCUT2D eigenvalue weighted by molar-refractivity contribution is 7.91. The van der Waals surface area contributed by atoms with Crippen LogP contribution in [0, 0.1) is 5.92 Å². The van der Waals surface area contributed by atoms with E-state index in [4.69, 9.17) is 0 Å². The lowest BCUT2D eigenvalue weighted by atomic mass is 9.99. The van der Waals surface area contributed by atoms with E-state index in [1.807, 2.05) is 27.7 Å². The van der Waals surface area contributed by atoms with Gasteiger partial charge in [-0.25, -0.2) is 0 Å². The summed E-state index contributed by atoms with van der Waals surface area (Å²) in [4.78, 5) is 0. The lowest BCUT2D eigenvalue weighted by Crippen LogP contribution is -2.27. The summed E-state index contributed by atoms with van der Waals surface area (Å²) in [5, 5.41) is 0. The van der Waals surface area contributed by atoms with Crippen LogP contribution in [0.4, 0.5) is 0 Å². The number of nitrogens with zero attached hydrogens (tertiary/aromatic N) is 1. The Kier molecular flexibility index (Phi) is 5.75. The number of hydrogen-bond donors (Lipinski definition) is 0. The summed E-state index contributed by atoms with van der Waals surface area (Å²) in [5.41, 5.74) is 1.03. The topological polar surface area (TPSA) is 35.4 Å². The summed E-state index contributed by atoms with van der Waals surface area (Å²) in [6, 6.07) is 0. The van der Waals surface area contributed by atoms with E-state index in [-0.39, 0.29) is 4.75 Å².